The third kappa shape index (κ3) is 1.57. The van der Waals surface area contributed by atoms with Crippen molar-refractivity contribution in [1.82, 2.24) is 10.2 Å². The van der Waals surface area contributed by atoms with Crippen LogP contribution in [0.15, 0.2) is 24.3 Å². The van der Waals surface area contributed by atoms with E-state index in [2.05, 4.69) is 21.6 Å². The van der Waals surface area contributed by atoms with Gasteiger partial charge in [0.15, 0.2) is 5.82 Å². The van der Waals surface area contributed by atoms with Crippen molar-refractivity contribution in [2.24, 2.45) is 0 Å². The highest BCUT2D eigenvalue weighted by Gasteiger charge is 2.17. The van der Waals surface area contributed by atoms with E-state index in [1.54, 1.807) is 0 Å². The largest absolute Gasteiger partial charge is 0.379 e. The predicted octanol–water partition coefficient (Wildman–Crippen LogP) is 1.76. The lowest BCUT2D eigenvalue weighted by Crippen LogP contribution is -2.19. The summed E-state index contributed by atoms with van der Waals surface area (Å²) >= 11 is 0. The zero-order chi connectivity index (χ0) is 10.1. The van der Waals surface area contributed by atoms with Crippen molar-refractivity contribution in [2.75, 3.05) is 18.5 Å². The lowest BCUT2D eigenvalue weighted by Gasteiger charge is -2.08. The highest BCUT2D eigenvalue weighted by atomic mass is 16.5. The summed E-state index contributed by atoms with van der Waals surface area (Å²) in [5.41, 5.74) is 1.07. The Bertz CT molecular complexity index is 460. The van der Waals surface area contributed by atoms with Crippen LogP contribution in [0.1, 0.15) is 6.42 Å². The van der Waals surface area contributed by atoms with E-state index >= 15 is 0 Å². The number of fused-ring (bicyclic) bond motifs is 1. The zero-order valence-corrected chi connectivity index (χ0v) is 8.36. The van der Waals surface area contributed by atoms with E-state index in [0.29, 0.717) is 6.04 Å². The van der Waals surface area contributed by atoms with E-state index in [4.69, 9.17) is 4.74 Å². The van der Waals surface area contributed by atoms with Crippen molar-refractivity contribution in [1.29, 1.82) is 0 Å². The number of nitrogens with zero attached hydrogens (tertiary/aromatic N) is 1. The summed E-state index contributed by atoms with van der Waals surface area (Å²) in [6.07, 6.45) is 1.06. The molecule has 0 bridgehead atoms. The molecule has 0 radical (unpaired) electrons. The molecule has 78 valence electrons. The topological polar surface area (TPSA) is 49.9 Å². The molecule has 2 aromatic rings. The molecule has 2 heterocycles. The van der Waals surface area contributed by atoms with Gasteiger partial charge in [-0.2, -0.15) is 5.10 Å². The van der Waals surface area contributed by atoms with Gasteiger partial charge in [0.1, 0.15) is 0 Å². The van der Waals surface area contributed by atoms with Crippen LogP contribution in [0.5, 0.6) is 0 Å². The molecule has 1 aliphatic heterocycles. The highest BCUT2D eigenvalue weighted by Crippen LogP contribution is 2.21. The molecule has 1 aliphatic rings. The lowest BCUT2D eigenvalue weighted by molar-refractivity contribution is 0.195. The van der Waals surface area contributed by atoms with Crippen LogP contribution in [0.4, 0.5) is 5.82 Å². The number of H-pyrrole nitrogens is 1. The minimum atomic E-state index is 0.400. The van der Waals surface area contributed by atoms with Gasteiger partial charge in [0.2, 0.25) is 0 Å². The second-order valence-corrected chi connectivity index (χ2v) is 3.82. The van der Waals surface area contributed by atoms with Crippen LogP contribution in [0, 0.1) is 0 Å². The van der Waals surface area contributed by atoms with Crippen LogP contribution < -0.4 is 5.32 Å². The van der Waals surface area contributed by atoms with Gasteiger partial charge in [-0.25, -0.2) is 0 Å². The van der Waals surface area contributed by atoms with E-state index < -0.39 is 0 Å². The maximum absolute atomic E-state index is 5.32. The molecule has 4 heteroatoms. The predicted molar refractivity (Wildman–Crippen MR) is 58.9 cm³/mol. The van der Waals surface area contributed by atoms with Crippen LogP contribution in [0.25, 0.3) is 10.9 Å². The number of anilines is 1. The Morgan fingerprint density at radius 3 is 3.20 bits per heavy atom. The van der Waals surface area contributed by atoms with Crippen LogP contribution >= 0.6 is 0 Å². The minimum absolute atomic E-state index is 0.400. The number of aromatic nitrogens is 2. The van der Waals surface area contributed by atoms with Gasteiger partial charge in [0.05, 0.1) is 18.2 Å². The molecule has 1 aromatic carbocycles. The van der Waals surface area contributed by atoms with Crippen molar-refractivity contribution < 1.29 is 4.74 Å². The molecular formula is C11H13N3O. The number of nitrogens with one attached hydrogen (secondary N) is 2. The summed E-state index contributed by atoms with van der Waals surface area (Å²) in [7, 11) is 0. The Morgan fingerprint density at radius 1 is 1.40 bits per heavy atom. The van der Waals surface area contributed by atoms with Gasteiger partial charge in [0, 0.05) is 12.0 Å². The molecule has 1 fully saturated rings. The average molecular weight is 203 g/mol. The minimum Gasteiger partial charge on any atom is -0.379 e. The quantitative estimate of drug-likeness (QED) is 0.782. The maximum atomic E-state index is 5.32. The standard InChI is InChI=1S/C11H13N3O/c1-2-4-10-9(3-1)11(14-13-10)12-8-5-6-15-7-8/h1-4,8H,5-7H2,(H2,12,13,14). The number of para-hydroxylation sites is 1. The maximum Gasteiger partial charge on any atom is 0.156 e. The molecule has 1 unspecified atom stereocenters. The third-order valence-corrected chi connectivity index (χ3v) is 2.74. The molecule has 1 atom stereocenters. The summed E-state index contributed by atoms with van der Waals surface area (Å²) in [6.45, 7) is 1.63. The normalized spacial score (nSPS) is 20.9. The molecule has 15 heavy (non-hydrogen) atoms. The Hall–Kier alpha value is -1.55. The van der Waals surface area contributed by atoms with E-state index in [-0.39, 0.29) is 0 Å². The monoisotopic (exact) mass is 203 g/mol. The number of benzene rings is 1. The number of ether oxygens (including phenoxy) is 1. The van der Waals surface area contributed by atoms with Crippen LogP contribution in [-0.2, 0) is 4.74 Å². The number of aromatic amines is 1. The van der Waals surface area contributed by atoms with E-state index in [1.807, 2.05) is 18.2 Å². The molecule has 0 aliphatic carbocycles. The fraction of sp³-hybridized carbons (Fsp3) is 0.364. The van der Waals surface area contributed by atoms with Gasteiger partial charge in [-0.05, 0) is 18.6 Å². The first kappa shape index (κ1) is 8.73. The van der Waals surface area contributed by atoms with Crippen molar-refractivity contribution in [2.45, 2.75) is 12.5 Å². The summed E-state index contributed by atoms with van der Waals surface area (Å²) in [6, 6.07) is 8.52. The first-order chi connectivity index (χ1) is 7.43. The summed E-state index contributed by atoms with van der Waals surface area (Å²) in [4.78, 5) is 0. The molecule has 0 spiro atoms. The summed E-state index contributed by atoms with van der Waals surface area (Å²) < 4.78 is 5.32. The zero-order valence-electron chi connectivity index (χ0n) is 8.36. The Balaban J connectivity index is 1.90. The van der Waals surface area contributed by atoms with Gasteiger partial charge >= 0.3 is 0 Å². The molecular weight excluding hydrogens is 190 g/mol. The Kier molecular flexibility index (Phi) is 2.07. The van der Waals surface area contributed by atoms with Crippen LogP contribution in [-0.4, -0.2) is 29.5 Å². The fourth-order valence-electron chi connectivity index (χ4n) is 1.92. The Morgan fingerprint density at radius 2 is 2.33 bits per heavy atom. The van der Waals surface area contributed by atoms with Gasteiger partial charge < -0.3 is 10.1 Å². The first-order valence-corrected chi connectivity index (χ1v) is 5.21. The number of rotatable bonds is 2. The van der Waals surface area contributed by atoms with Crippen LogP contribution in [0.3, 0.4) is 0 Å². The van der Waals surface area contributed by atoms with Gasteiger partial charge in [0.25, 0.3) is 0 Å². The van der Waals surface area contributed by atoms with Crippen molar-refractivity contribution >= 4 is 16.7 Å². The van der Waals surface area contributed by atoms with Crippen LogP contribution in [0.2, 0.25) is 0 Å². The molecule has 3 rings (SSSR count). The van der Waals surface area contributed by atoms with Crippen molar-refractivity contribution in [3.8, 4) is 0 Å². The average Bonchev–Trinajstić information content (AvgIpc) is 2.89. The second-order valence-electron chi connectivity index (χ2n) is 3.82. The molecule has 1 saturated heterocycles. The summed E-state index contributed by atoms with van der Waals surface area (Å²) in [5, 5.41) is 11.8. The smallest absolute Gasteiger partial charge is 0.156 e. The fourth-order valence-corrected chi connectivity index (χ4v) is 1.92. The van der Waals surface area contributed by atoms with E-state index in [1.165, 1.54) is 0 Å². The Labute approximate surface area is 87.6 Å². The number of hydrogen-bond donors (Lipinski definition) is 2. The van der Waals surface area contributed by atoms with Crippen molar-refractivity contribution in [3.63, 3.8) is 0 Å². The molecule has 2 N–H and O–H groups in total. The molecule has 4 nitrogen and oxygen atoms in total. The van der Waals surface area contributed by atoms with Crippen molar-refractivity contribution in [3.05, 3.63) is 24.3 Å². The summed E-state index contributed by atoms with van der Waals surface area (Å²) in [5.74, 6) is 0.932. The first-order valence-electron chi connectivity index (χ1n) is 5.21. The van der Waals surface area contributed by atoms with E-state index in [9.17, 15) is 0 Å². The molecule has 0 amide bonds. The SMILES string of the molecule is c1ccc2c(NC3CCOC3)n[nH]c2c1. The van der Waals surface area contributed by atoms with E-state index in [0.717, 1.165) is 36.4 Å². The van der Waals surface area contributed by atoms with Gasteiger partial charge in [-0.3, -0.25) is 5.10 Å². The lowest BCUT2D eigenvalue weighted by atomic mass is 10.2. The molecule has 0 saturated carbocycles. The number of hydrogen-bond acceptors (Lipinski definition) is 3. The highest BCUT2D eigenvalue weighted by molar-refractivity contribution is 5.89. The third-order valence-electron chi connectivity index (χ3n) is 2.74. The van der Waals surface area contributed by atoms with Gasteiger partial charge in [-0.1, -0.05) is 12.1 Å². The van der Waals surface area contributed by atoms with Gasteiger partial charge in [-0.15, -0.1) is 0 Å². The molecule has 1 aromatic heterocycles. The second kappa shape index (κ2) is 3.55.